The number of ketones is 1. The molecule has 2 aromatic rings. The predicted octanol–water partition coefficient (Wildman–Crippen LogP) is 4.55. The van der Waals surface area contributed by atoms with Crippen molar-refractivity contribution in [3.8, 4) is 5.75 Å². The number of hydrogen-bond acceptors (Lipinski definition) is 8. The average Bonchev–Trinajstić information content (AvgIpc) is 3.24. The summed E-state index contributed by atoms with van der Waals surface area (Å²) in [5, 5.41) is 11.5. The number of ether oxygens (including phenoxy) is 2. The number of fused-ring (bicyclic) bond motifs is 2. The number of nitrogens with zero attached hydrogens (tertiary/aromatic N) is 3. The van der Waals surface area contributed by atoms with Gasteiger partial charge in [-0.3, -0.25) is 19.8 Å². The van der Waals surface area contributed by atoms with Crippen LogP contribution in [-0.4, -0.2) is 82.4 Å². The number of carbonyl (C=O) groups is 3. The first kappa shape index (κ1) is 33.9. The molecule has 0 saturated carbocycles. The van der Waals surface area contributed by atoms with Crippen molar-refractivity contribution in [1.82, 2.24) is 10.2 Å². The smallest absolute Gasteiger partial charge is 0.305 e. The number of esters is 1. The summed E-state index contributed by atoms with van der Waals surface area (Å²) in [6, 6.07) is 7.49. The zero-order chi connectivity index (χ0) is 30.8. The van der Waals surface area contributed by atoms with Crippen molar-refractivity contribution in [3.05, 3.63) is 52.1 Å². The van der Waals surface area contributed by atoms with E-state index in [1.165, 1.54) is 0 Å². The second-order valence-corrected chi connectivity index (χ2v) is 12.0. The summed E-state index contributed by atoms with van der Waals surface area (Å²) < 4.78 is 11.2. The number of amides is 1. The van der Waals surface area contributed by atoms with Gasteiger partial charge in [-0.25, -0.2) is 0 Å². The van der Waals surface area contributed by atoms with Crippen LogP contribution in [0, 0.1) is 5.41 Å². The first-order chi connectivity index (χ1) is 19.8. The zero-order valence-electron chi connectivity index (χ0n) is 26.3. The summed E-state index contributed by atoms with van der Waals surface area (Å²) in [6.45, 7) is 10.7. The van der Waals surface area contributed by atoms with E-state index in [9.17, 15) is 14.4 Å². The number of hydrogen-bond donors (Lipinski definition) is 2. The summed E-state index contributed by atoms with van der Waals surface area (Å²) in [5.74, 6) is 0.478. The van der Waals surface area contributed by atoms with Crippen LogP contribution in [0.1, 0.15) is 77.9 Å². The fourth-order valence-electron chi connectivity index (χ4n) is 5.50. The van der Waals surface area contributed by atoms with Gasteiger partial charge in [0.25, 0.3) is 5.91 Å². The molecule has 2 aliphatic heterocycles. The van der Waals surface area contributed by atoms with E-state index in [0.29, 0.717) is 62.4 Å². The van der Waals surface area contributed by atoms with Gasteiger partial charge in [-0.05, 0) is 48.6 Å². The molecule has 43 heavy (non-hydrogen) atoms. The molecule has 2 N–H and O–H groups in total. The molecular formula is C32H44BrN5O5. The molecule has 0 unspecified atom stereocenters. The van der Waals surface area contributed by atoms with E-state index in [-0.39, 0.29) is 52.4 Å². The Hall–Kier alpha value is -3.60. The third kappa shape index (κ3) is 7.31. The van der Waals surface area contributed by atoms with E-state index in [1.807, 2.05) is 37.2 Å². The molecule has 0 atom stereocenters. The number of halogens is 1. The third-order valence-electron chi connectivity index (χ3n) is 7.70. The van der Waals surface area contributed by atoms with Crippen LogP contribution in [0.15, 0.2) is 24.3 Å². The number of amidine groups is 1. The van der Waals surface area contributed by atoms with Gasteiger partial charge in [-0.1, -0.05) is 20.8 Å². The van der Waals surface area contributed by atoms with Crippen molar-refractivity contribution in [2.75, 3.05) is 63.8 Å². The molecule has 0 fully saturated rings. The Labute approximate surface area is 265 Å². The molecule has 2 aliphatic rings. The third-order valence-corrected chi connectivity index (χ3v) is 7.70. The van der Waals surface area contributed by atoms with Crippen molar-refractivity contribution in [1.29, 1.82) is 5.41 Å². The number of nitrogens with one attached hydrogen (secondary N) is 2. The first-order valence-electron chi connectivity index (χ1n) is 14.5. The first-order valence-corrected chi connectivity index (χ1v) is 14.5. The molecule has 0 spiro atoms. The second-order valence-electron chi connectivity index (χ2n) is 12.0. The zero-order valence-corrected chi connectivity index (χ0v) is 28.0. The highest BCUT2D eigenvalue weighted by atomic mass is 79.9. The summed E-state index contributed by atoms with van der Waals surface area (Å²) >= 11 is 0. The lowest BCUT2D eigenvalue weighted by Gasteiger charge is -2.35. The number of anilines is 2. The fourth-order valence-corrected chi connectivity index (χ4v) is 5.50. The van der Waals surface area contributed by atoms with Crippen molar-refractivity contribution < 1.29 is 23.9 Å². The highest BCUT2D eigenvalue weighted by molar-refractivity contribution is 8.93. The van der Waals surface area contributed by atoms with E-state index in [2.05, 4.69) is 31.0 Å². The van der Waals surface area contributed by atoms with E-state index in [1.54, 1.807) is 24.9 Å². The number of benzene rings is 2. The highest BCUT2D eigenvalue weighted by Gasteiger charge is 2.32. The van der Waals surface area contributed by atoms with Gasteiger partial charge in [0.15, 0.2) is 5.78 Å². The van der Waals surface area contributed by atoms with Gasteiger partial charge in [0.2, 0.25) is 0 Å². The monoisotopic (exact) mass is 657 g/mol. The van der Waals surface area contributed by atoms with Gasteiger partial charge in [-0.2, -0.15) is 0 Å². The number of Topliss-reactive ketones (excluding diaryl/α,β-unsaturated/α-hetero) is 1. The average molecular weight is 659 g/mol. The second kappa shape index (κ2) is 13.8. The molecule has 1 amide bonds. The summed E-state index contributed by atoms with van der Waals surface area (Å²) in [7, 11) is 5.34. The quantitative estimate of drug-likeness (QED) is 0.282. The van der Waals surface area contributed by atoms with Gasteiger partial charge in [0.05, 0.1) is 30.9 Å². The lowest BCUT2D eigenvalue weighted by Crippen LogP contribution is -2.35. The van der Waals surface area contributed by atoms with Crippen molar-refractivity contribution >= 4 is 51.9 Å². The minimum Gasteiger partial charge on any atom is -0.489 e. The van der Waals surface area contributed by atoms with Crippen LogP contribution in [0.4, 0.5) is 11.4 Å². The molecule has 0 radical (unpaired) electrons. The Kier molecular flexibility index (Phi) is 10.9. The molecule has 234 valence electrons. The molecule has 0 saturated heterocycles. The Bertz CT molecular complexity index is 1400. The topological polar surface area (TPSA) is 115 Å². The van der Waals surface area contributed by atoms with Gasteiger partial charge in [-0.15, -0.1) is 17.0 Å². The molecule has 0 aromatic heterocycles. The lowest BCUT2D eigenvalue weighted by atomic mass is 9.84. The predicted molar refractivity (Wildman–Crippen MR) is 175 cm³/mol. The normalized spacial score (nSPS) is 13.9. The Balaban J connectivity index is 0.00000506. The molecule has 2 aromatic carbocycles. The molecule has 4 rings (SSSR count). The molecule has 0 bridgehead atoms. The van der Waals surface area contributed by atoms with Crippen molar-refractivity contribution in [2.24, 2.45) is 0 Å². The van der Waals surface area contributed by atoms with Gasteiger partial charge in [0.1, 0.15) is 18.2 Å². The van der Waals surface area contributed by atoms with Crippen molar-refractivity contribution in [3.63, 3.8) is 0 Å². The molecule has 0 aliphatic carbocycles. The highest BCUT2D eigenvalue weighted by Crippen LogP contribution is 2.42. The SMILES string of the molecule is Br.CCOC(=O)CCCN1CCOc2c1cc(C(=O)CN1Cc3cc(N(C)C)c(C(=O)NC)cc3C1=N)cc2C(C)(C)C. The van der Waals surface area contributed by atoms with Crippen molar-refractivity contribution in [2.45, 2.75) is 52.5 Å². The minimum atomic E-state index is -0.274. The molecule has 10 nitrogen and oxygen atoms in total. The lowest BCUT2D eigenvalue weighted by molar-refractivity contribution is -0.143. The van der Waals surface area contributed by atoms with E-state index >= 15 is 0 Å². The largest absolute Gasteiger partial charge is 0.489 e. The van der Waals surface area contributed by atoms with Gasteiger partial charge >= 0.3 is 5.97 Å². The van der Waals surface area contributed by atoms with Crippen LogP contribution in [0.2, 0.25) is 0 Å². The van der Waals surface area contributed by atoms with Gasteiger partial charge < -0.3 is 29.5 Å². The summed E-state index contributed by atoms with van der Waals surface area (Å²) in [4.78, 5) is 44.1. The summed E-state index contributed by atoms with van der Waals surface area (Å²) in [5.41, 5.74) is 4.91. The Morgan fingerprint density at radius 2 is 1.84 bits per heavy atom. The maximum absolute atomic E-state index is 13.8. The maximum atomic E-state index is 13.8. The molecule has 2 heterocycles. The molecular weight excluding hydrogens is 614 g/mol. The molecule has 11 heteroatoms. The number of carbonyl (C=O) groups excluding carboxylic acids is 3. The van der Waals surface area contributed by atoms with Crippen LogP contribution in [-0.2, 0) is 21.5 Å². The van der Waals surface area contributed by atoms with Gasteiger partial charge in [0, 0.05) is 63.0 Å². The van der Waals surface area contributed by atoms with Crippen LogP contribution in [0.5, 0.6) is 5.75 Å². The van der Waals surface area contributed by atoms with Crippen LogP contribution in [0.3, 0.4) is 0 Å². The fraction of sp³-hybridized carbons (Fsp3) is 0.500. The Morgan fingerprint density at radius 3 is 2.47 bits per heavy atom. The minimum absolute atomic E-state index is 0. The van der Waals surface area contributed by atoms with E-state index in [0.717, 1.165) is 28.3 Å². The van der Waals surface area contributed by atoms with Crippen LogP contribution in [0.25, 0.3) is 0 Å². The van der Waals surface area contributed by atoms with E-state index in [4.69, 9.17) is 14.9 Å². The van der Waals surface area contributed by atoms with E-state index < -0.39 is 0 Å². The maximum Gasteiger partial charge on any atom is 0.305 e. The summed E-state index contributed by atoms with van der Waals surface area (Å²) in [6.07, 6.45) is 0.970. The Morgan fingerprint density at radius 1 is 1.12 bits per heavy atom. The van der Waals surface area contributed by atoms with Crippen LogP contribution < -0.4 is 19.9 Å². The number of rotatable bonds is 10. The standard InChI is InChI=1S/C32H43N5O5.BrH/c1-8-41-28(39)10-9-11-36-12-13-42-29-24(32(2,3)4)14-20(15-26(29)36)27(38)19-37-18-21-16-25(35(6)7)23(31(40)34-5)17-22(21)30(37)33;/h14-17,33H,8-13,18-19H2,1-7H3,(H,34,40);1H. The van der Waals surface area contributed by atoms with Crippen LogP contribution >= 0.6 is 17.0 Å².